The van der Waals surface area contributed by atoms with Gasteiger partial charge in [-0.1, -0.05) is 0 Å². The highest BCUT2D eigenvalue weighted by atomic mass is 35.5. The lowest BCUT2D eigenvalue weighted by Gasteiger charge is -2.25. The maximum atomic E-state index is 5.73. The molecule has 3 nitrogen and oxygen atoms in total. The van der Waals surface area contributed by atoms with E-state index >= 15 is 0 Å². The standard InChI is InChI=1S/C11H20ClN3/c1-10-13-6-8-15(10)9-7-14-11(2,3)4-5-12/h6,8,14H,4-5,7,9H2,1-3H3. The summed E-state index contributed by atoms with van der Waals surface area (Å²) in [6.07, 6.45) is 4.82. The number of rotatable bonds is 6. The van der Waals surface area contributed by atoms with Crippen molar-refractivity contribution >= 4 is 11.6 Å². The highest BCUT2D eigenvalue weighted by Crippen LogP contribution is 2.08. The van der Waals surface area contributed by atoms with Gasteiger partial charge in [-0.2, -0.15) is 0 Å². The highest BCUT2D eigenvalue weighted by molar-refractivity contribution is 6.17. The molecule has 0 atom stereocenters. The lowest BCUT2D eigenvalue weighted by Crippen LogP contribution is -2.41. The first kappa shape index (κ1) is 12.5. The van der Waals surface area contributed by atoms with Crippen LogP contribution in [0.3, 0.4) is 0 Å². The molecule has 0 aliphatic heterocycles. The smallest absolute Gasteiger partial charge is 0.105 e. The van der Waals surface area contributed by atoms with Gasteiger partial charge in [0.05, 0.1) is 0 Å². The maximum absolute atomic E-state index is 5.73. The molecule has 4 heteroatoms. The molecule has 0 radical (unpaired) electrons. The molecule has 0 amide bonds. The average Bonchev–Trinajstić information content (AvgIpc) is 2.51. The second kappa shape index (κ2) is 5.52. The van der Waals surface area contributed by atoms with Crippen LogP contribution in [0.1, 0.15) is 26.1 Å². The van der Waals surface area contributed by atoms with Gasteiger partial charge >= 0.3 is 0 Å². The van der Waals surface area contributed by atoms with E-state index in [2.05, 4.69) is 28.7 Å². The second-order valence-corrected chi connectivity index (χ2v) is 4.80. The summed E-state index contributed by atoms with van der Waals surface area (Å²) in [5.41, 5.74) is 0.121. The van der Waals surface area contributed by atoms with E-state index < -0.39 is 0 Å². The molecule has 0 aliphatic rings. The van der Waals surface area contributed by atoms with Crippen LogP contribution in [-0.2, 0) is 6.54 Å². The van der Waals surface area contributed by atoms with Crippen molar-refractivity contribution in [1.29, 1.82) is 0 Å². The van der Waals surface area contributed by atoms with Gasteiger partial charge in [0.15, 0.2) is 0 Å². The van der Waals surface area contributed by atoms with E-state index in [0.717, 1.165) is 25.3 Å². The normalized spacial score (nSPS) is 12.0. The molecule has 1 rings (SSSR count). The minimum absolute atomic E-state index is 0.121. The third-order valence-electron chi connectivity index (χ3n) is 2.60. The number of nitrogens with one attached hydrogen (secondary N) is 1. The largest absolute Gasteiger partial charge is 0.334 e. The van der Waals surface area contributed by atoms with Crippen LogP contribution in [0, 0.1) is 6.92 Å². The minimum atomic E-state index is 0.121. The van der Waals surface area contributed by atoms with E-state index in [1.807, 2.05) is 19.3 Å². The van der Waals surface area contributed by atoms with Gasteiger partial charge in [-0.3, -0.25) is 0 Å². The van der Waals surface area contributed by atoms with Crippen LogP contribution in [0.4, 0.5) is 0 Å². The van der Waals surface area contributed by atoms with Crippen molar-refractivity contribution in [1.82, 2.24) is 14.9 Å². The Labute approximate surface area is 96.8 Å². The fourth-order valence-electron chi connectivity index (χ4n) is 1.48. The molecule has 86 valence electrons. The highest BCUT2D eigenvalue weighted by Gasteiger charge is 2.15. The number of hydrogen-bond acceptors (Lipinski definition) is 2. The topological polar surface area (TPSA) is 29.9 Å². The zero-order chi connectivity index (χ0) is 11.3. The zero-order valence-corrected chi connectivity index (χ0v) is 10.5. The van der Waals surface area contributed by atoms with Crippen LogP contribution < -0.4 is 5.32 Å². The molecule has 0 aliphatic carbocycles. The SMILES string of the molecule is Cc1nccn1CCNC(C)(C)CCCl. The number of hydrogen-bond donors (Lipinski definition) is 1. The molecular formula is C11H20ClN3. The Morgan fingerprint density at radius 3 is 2.80 bits per heavy atom. The molecule has 0 fully saturated rings. The lowest BCUT2D eigenvalue weighted by atomic mass is 10.0. The van der Waals surface area contributed by atoms with E-state index in [1.165, 1.54) is 0 Å². The summed E-state index contributed by atoms with van der Waals surface area (Å²) in [6, 6.07) is 0. The summed E-state index contributed by atoms with van der Waals surface area (Å²) >= 11 is 5.73. The van der Waals surface area contributed by atoms with Gasteiger partial charge in [-0.15, -0.1) is 11.6 Å². The fourth-order valence-corrected chi connectivity index (χ4v) is 1.95. The molecular weight excluding hydrogens is 210 g/mol. The van der Waals surface area contributed by atoms with Gasteiger partial charge in [0, 0.05) is 36.9 Å². The van der Waals surface area contributed by atoms with Crippen LogP contribution >= 0.6 is 11.6 Å². The third kappa shape index (κ3) is 4.22. The van der Waals surface area contributed by atoms with Crippen LogP contribution in [0.15, 0.2) is 12.4 Å². The molecule has 0 saturated carbocycles. The molecule has 1 N–H and O–H groups in total. The van der Waals surface area contributed by atoms with Gasteiger partial charge < -0.3 is 9.88 Å². The molecule has 1 aromatic heterocycles. The van der Waals surface area contributed by atoms with Gasteiger partial charge in [-0.25, -0.2) is 4.98 Å². The summed E-state index contributed by atoms with van der Waals surface area (Å²) in [5.74, 6) is 1.76. The van der Waals surface area contributed by atoms with Crippen LogP contribution in [0.25, 0.3) is 0 Å². The molecule has 0 bridgehead atoms. The molecule has 0 unspecified atom stereocenters. The Morgan fingerprint density at radius 1 is 1.53 bits per heavy atom. The Kier molecular flexibility index (Phi) is 4.61. The third-order valence-corrected chi connectivity index (χ3v) is 2.79. The van der Waals surface area contributed by atoms with Crippen molar-refractivity contribution in [2.24, 2.45) is 0 Å². The summed E-state index contributed by atoms with van der Waals surface area (Å²) in [7, 11) is 0. The van der Waals surface area contributed by atoms with Crippen molar-refractivity contribution < 1.29 is 0 Å². The van der Waals surface area contributed by atoms with Gasteiger partial charge in [-0.05, 0) is 27.2 Å². The number of nitrogens with zero attached hydrogens (tertiary/aromatic N) is 2. The second-order valence-electron chi connectivity index (χ2n) is 4.42. The summed E-state index contributed by atoms with van der Waals surface area (Å²) < 4.78 is 2.14. The quantitative estimate of drug-likeness (QED) is 0.758. The number of halogens is 1. The van der Waals surface area contributed by atoms with E-state index in [9.17, 15) is 0 Å². The first-order valence-corrected chi connectivity index (χ1v) is 5.87. The monoisotopic (exact) mass is 229 g/mol. The summed E-state index contributed by atoms with van der Waals surface area (Å²) in [6.45, 7) is 8.27. The van der Waals surface area contributed by atoms with E-state index in [4.69, 9.17) is 11.6 Å². The van der Waals surface area contributed by atoms with Crippen LogP contribution in [-0.4, -0.2) is 27.5 Å². The number of aryl methyl sites for hydroxylation is 1. The average molecular weight is 230 g/mol. The van der Waals surface area contributed by atoms with Crippen molar-refractivity contribution in [2.45, 2.75) is 39.3 Å². The summed E-state index contributed by atoms with van der Waals surface area (Å²) in [4.78, 5) is 4.18. The molecule has 0 spiro atoms. The molecule has 15 heavy (non-hydrogen) atoms. The Balaban J connectivity index is 2.30. The molecule has 1 aromatic rings. The van der Waals surface area contributed by atoms with Crippen LogP contribution in [0.5, 0.6) is 0 Å². The molecule has 0 saturated heterocycles. The Morgan fingerprint density at radius 2 is 2.27 bits per heavy atom. The zero-order valence-electron chi connectivity index (χ0n) is 9.76. The van der Waals surface area contributed by atoms with Crippen molar-refractivity contribution in [3.05, 3.63) is 18.2 Å². The fraction of sp³-hybridized carbons (Fsp3) is 0.727. The van der Waals surface area contributed by atoms with Gasteiger partial charge in [0.1, 0.15) is 5.82 Å². The van der Waals surface area contributed by atoms with Gasteiger partial charge in [0.25, 0.3) is 0 Å². The number of aromatic nitrogens is 2. The first-order chi connectivity index (χ1) is 7.05. The Bertz CT molecular complexity index is 294. The van der Waals surface area contributed by atoms with Crippen molar-refractivity contribution in [3.8, 4) is 0 Å². The summed E-state index contributed by atoms with van der Waals surface area (Å²) in [5, 5.41) is 3.49. The van der Waals surface area contributed by atoms with E-state index in [1.54, 1.807) is 0 Å². The van der Waals surface area contributed by atoms with E-state index in [-0.39, 0.29) is 5.54 Å². The number of imidazole rings is 1. The maximum Gasteiger partial charge on any atom is 0.105 e. The van der Waals surface area contributed by atoms with Gasteiger partial charge in [0.2, 0.25) is 0 Å². The Hall–Kier alpha value is -0.540. The number of alkyl halides is 1. The van der Waals surface area contributed by atoms with Crippen LogP contribution in [0.2, 0.25) is 0 Å². The minimum Gasteiger partial charge on any atom is -0.334 e. The van der Waals surface area contributed by atoms with Crippen molar-refractivity contribution in [2.75, 3.05) is 12.4 Å². The predicted molar refractivity (Wildman–Crippen MR) is 64.4 cm³/mol. The first-order valence-electron chi connectivity index (χ1n) is 5.34. The molecule has 1 heterocycles. The molecule has 0 aromatic carbocycles. The predicted octanol–water partition coefficient (Wildman–Crippen LogP) is 2.19. The van der Waals surface area contributed by atoms with Crippen molar-refractivity contribution in [3.63, 3.8) is 0 Å². The van der Waals surface area contributed by atoms with E-state index in [0.29, 0.717) is 5.88 Å². The lowest BCUT2D eigenvalue weighted by molar-refractivity contribution is 0.368.